The van der Waals surface area contributed by atoms with Crippen LogP contribution in [0.15, 0.2) is 36.7 Å². The number of carbonyl (C=O) groups is 1. The first-order chi connectivity index (χ1) is 11.1. The van der Waals surface area contributed by atoms with E-state index < -0.39 is 5.97 Å². The molecule has 1 unspecified atom stereocenters. The van der Waals surface area contributed by atoms with Crippen molar-refractivity contribution in [2.45, 2.75) is 26.4 Å². The number of benzene rings is 1. The Morgan fingerprint density at radius 3 is 2.74 bits per heavy atom. The van der Waals surface area contributed by atoms with Gasteiger partial charge in [0.1, 0.15) is 11.6 Å². The molecule has 0 saturated heterocycles. The Bertz CT molecular complexity index is 841. The third kappa shape index (κ3) is 2.85. The predicted octanol–water partition coefficient (Wildman–Crippen LogP) is 2.72. The molecule has 7 nitrogen and oxygen atoms in total. The SMILES string of the molecule is CCn1c(C(C)Nc2cnc(C(=O)O)cn2)nc2ccccc21. The molecule has 1 atom stereocenters. The minimum Gasteiger partial charge on any atom is -0.476 e. The maximum Gasteiger partial charge on any atom is 0.356 e. The molecular weight excluding hydrogens is 294 g/mol. The molecule has 0 spiro atoms. The number of aryl methyl sites for hydroxylation is 1. The Balaban J connectivity index is 1.88. The number of carboxylic acid groups (broad SMARTS) is 1. The highest BCUT2D eigenvalue weighted by Crippen LogP contribution is 2.22. The number of nitrogens with one attached hydrogen (secondary N) is 1. The molecule has 0 saturated carbocycles. The van der Waals surface area contributed by atoms with E-state index >= 15 is 0 Å². The van der Waals surface area contributed by atoms with Gasteiger partial charge in [0.05, 0.1) is 29.5 Å². The van der Waals surface area contributed by atoms with Crippen molar-refractivity contribution >= 4 is 22.8 Å². The summed E-state index contributed by atoms with van der Waals surface area (Å²) in [6.07, 6.45) is 2.65. The number of rotatable bonds is 5. The van der Waals surface area contributed by atoms with Crippen molar-refractivity contribution in [2.75, 3.05) is 5.32 Å². The monoisotopic (exact) mass is 311 g/mol. The van der Waals surface area contributed by atoms with Gasteiger partial charge in [0.25, 0.3) is 0 Å². The van der Waals surface area contributed by atoms with Crippen LogP contribution in [-0.2, 0) is 6.54 Å². The zero-order valence-electron chi connectivity index (χ0n) is 12.9. The van der Waals surface area contributed by atoms with Gasteiger partial charge in [-0.3, -0.25) is 0 Å². The number of anilines is 1. The standard InChI is InChI=1S/C16H17N5O2/c1-3-21-13-7-5-4-6-11(13)20-15(21)10(2)19-14-9-17-12(8-18-14)16(22)23/h4-10H,3H2,1-2H3,(H,18,19)(H,22,23). The number of nitrogens with zero attached hydrogens (tertiary/aromatic N) is 4. The van der Waals surface area contributed by atoms with Crippen LogP contribution in [0.25, 0.3) is 11.0 Å². The quantitative estimate of drug-likeness (QED) is 0.752. The van der Waals surface area contributed by atoms with E-state index in [4.69, 9.17) is 5.11 Å². The Kier molecular flexibility index (Phi) is 3.92. The van der Waals surface area contributed by atoms with Crippen molar-refractivity contribution < 1.29 is 9.90 Å². The van der Waals surface area contributed by atoms with E-state index in [1.807, 2.05) is 31.2 Å². The summed E-state index contributed by atoms with van der Waals surface area (Å²) in [7, 11) is 0. The van der Waals surface area contributed by atoms with Crippen LogP contribution in [0.2, 0.25) is 0 Å². The number of para-hydroxylation sites is 2. The molecule has 118 valence electrons. The summed E-state index contributed by atoms with van der Waals surface area (Å²) >= 11 is 0. The van der Waals surface area contributed by atoms with Crippen LogP contribution in [-0.4, -0.2) is 30.6 Å². The summed E-state index contributed by atoms with van der Waals surface area (Å²) in [5.74, 6) is 0.319. The summed E-state index contributed by atoms with van der Waals surface area (Å²) in [6, 6.07) is 7.90. The summed E-state index contributed by atoms with van der Waals surface area (Å²) in [4.78, 5) is 23.4. The first-order valence-corrected chi connectivity index (χ1v) is 7.37. The predicted molar refractivity (Wildman–Crippen MR) is 86.4 cm³/mol. The third-order valence-corrected chi connectivity index (χ3v) is 3.62. The number of aromatic carboxylic acids is 1. The van der Waals surface area contributed by atoms with Crippen molar-refractivity contribution in [3.63, 3.8) is 0 Å². The molecule has 0 amide bonds. The van der Waals surface area contributed by atoms with Gasteiger partial charge in [0.15, 0.2) is 5.69 Å². The van der Waals surface area contributed by atoms with Crippen LogP contribution < -0.4 is 5.32 Å². The maximum atomic E-state index is 10.8. The van der Waals surface area contributed by atoms with Gasteiger partial charge in [-0.25, -0.2) is 19.7 Å². The lowest BCUT2D eigenvalue weighted by molar-refractivity contribution is 0.0690. The van der Waals surface area contributed by atoms with Gasteiger partial charge >= 0.3 is 5.97 Å². The van der Waals surface area contributed by atoms with Crippen molar-refractivity contribution in [1.29, 1.82) is 0 Å². The van der Waals surface area contributed by atoms with Crippen LogP contribution in [0, 0.1) is 0 Å². The van der Waals surface area contributed by atoms with E-state index in [2.05, 4.69) is 31.8 Å². The highest BCUT2D eigenvalue weighted by Gasteiger charge is 2.16. The third-order valence-electron chi connectivity index (χ3n) is 3.62. The molecule has 0 fully saturated rings. The fourth-order valence-electron chi connectivity index (χ4n) is 2.56. The zero-order chi connectivity index (χ0) is 16.4. The second kappa shape index (κ2) is 6.04. The van der Waals surface area contributed by atoms with E-state index in [1.165, 1.54) is 12.4 Å². The van der Waals surface area contributed by atoms with Crippen molar-refractivity contribution in [2.24, 2.45) is 0 Å². The number of fused-ring (bicyclic) bond motifs is 1. The molecule has 2 aromatic heterocycles. The largest absolute Gasteiger partial charge is 0.476 e. The van der Waals surface area contributed by atoms with Crippen LogP contribution in [0.3, 0.4) is 0 Å². The van der Waals surface area contributed by atoms with Gasteiger partial charge < -0.3 is 15.0 Å². The smallest absolute Gasteiger partial charge is 0.356 e. The molecule has 0 radical (unpaired) electrons. The highest BCUT2D eigenvalue weighted by atomic mass is 16.4. The van der Waals surface area contributed by atoms with Gasteiger partial charge in [-0.1, -0.05) is 12.1 Å². The minimum atomic E-state index is -1.09. The molecule has 0 aliphatic carbocycles. The van der Waals surface area contributed by atoms with Gasteiger partial charge in [-0.2, -0.15) is 0 Å². The molecule has 7 heteroatoms. The van der Waals surface area contributed by atoms with Gasteiger partial charge in [-0.15, -0.1) is 0 Å². The van der Waals surface area contributed by atoms with E-state index in [1.54, 1.807) is 0 Å². The van der Waals surface area contributed by atoms with Crippen LogP contribution in [0.4, 0.5) is 5.82 Å². The van der Waals surface area contributed by atoms with Gasteiger partial charge in [0, 0.05) is 6.54 Å². The van der Waals surface area contributed by atoms with Gasteiger partial charge in [0.2, 0.25) is 0 Å². The topological polar surface area (TPSA) is 92.9 Å². The summed E-state index contributed by atoms with van der Waals surface area (Å²) < 4.78 is 2.14. The number of imidazole rings is 1. The lowest BCUT2D eigenvalue weighted by Crippen LogP contribution is -2.14. The van der Waals surface area contributed by atoms with E-state index in [-0.39, 0.29) is 11.7 Å². The van der Waals surface area contributed by atoms with Crippen LogP contribution >= 0.6 is 0 Å². The first-order valence-electron chi connectivity index (χ1n) is 7.37. The van der Waals surface area contributed by atoms with Crippen molar-refractivity contribution in [1.82, 2.24) is 19.5 Å². The fourth-order valence-corrected chi connectivity index (χ4v) is 2.56. The Morgan fingerprint density at radius 1 is 1.30 bits per heavy atom. The average molecular weight is 311 g/mol. The normalized spacial score (nSPS) is 12.3. The minimum absolute atomic E-state index is 0.0796. The fraction of sp³-hybridized carbons (Fsp3) is 0.250. The number of aromatic nitrogens is 4. The Morgan fingerprint density at radius 2 is 2.09 bits per heavy atom. The van der Waals surface area contributed by atoms with Gasteiger partial charge in [-0.05, 0) is 26.0 Å². The van der Waals surface area contributed by atoms with Crippen LogP contribution in [0.5, 0.6) is 0 Å². The molecule has 23 heavy (non-hydrogen) atoms. The molecule has 0 aliphatic rings. The molecule has 2 heterocycles. The molecule has 1 aromatic carbocycles. The summed E-state index contributed by atoms with van der Waals surface area (Å²) in [5.41, 5.74) is 1.96. The number of hydrogen-bond acceptors (Lipinski definition) is 5. The maximum absolute atomic E-state index is 10.8. The molecule has 2 N–H and O–H groups in total. The van der Waals surface area contributed by atoms with Crippen molar-refractivity contribution in [3.8, 4) is 0 Å². The molecule has 0 aliphatic heterocycles. The Hall–Kier alpha value is -2.96. The number of carboxylic acids is 1. The second-order valence-electron chi connectivity index (χ2n) is 5.16. The summed E-state index contributed by atoms with van der Waals surface area (Å²) in [6.45, 7) is 4.87. The first kappa shape index (κ1) is 15.0. The molecule has 3 rings (SSSR count). The Labute approximate surface area is 133 Å². The molecule has 3 aromatic rings. The van der Waals surface area contributed by atoms with Crippen LogP contribution in [0.1, 0.15) is 36.2 Å². The zero-order valence-corrected chi connectivity index (χ0v) is 12.9. The van der Waals surface area contributed by atoms with E-state index in [0.29, 0.717) is 5.82 Å². The highest BCUT2D eigenvalue weighted by molar-refractivity contribution is 5.84. The lowest BCUT2D eigenvalue weighted by atomic mass is 10.3. The van der Waals surface area contributed by atoms with E-state index in [9.17, 15) is 4.79 Å². The number of hydrogen-bond donors (Lipinski definition) is 2. The second-order valence-corrected chi connectivity index (χ2v) is 5.16. The average Bonchev–Trinajstić information content (AvgIpc) is 2.94. The van der Waals surface area contributed by atoms with Crippen molar-refractivity contribution in [3.05, 3.63) is 48.2 Å². The lowest BCUT2D eigenvalue weighted by Gasteiger charge is -2.15. The summed E-state index contributed by atoms with van der Waals surface area (Å²) in [5, 5.41) is 12.1. The van der Waals surface area contributed by atoms with E-state index in [0.717, 1.165) is 23.4 Å². The molecular formula is C16H17N5O2. The molecule has 0 bridgehead atoms.